The van der Waals surface area contributed by atoms with Crippen molar-refractivity contribution in [2.24, 2.45) is 11.8 Å². The van der Waals surface area contributed by atoms with Gasteiger partial charge in [-0.25, -0.2) is 9.97 Å². The van der Waals surface area contributed by atoms with E-state index in [0.717, 1.165) is 67.0 Å². The van der Waals surface area contributed by atoms with E-state index in [9.17, 15) is 0 Å². The lowest BCUT2D eigenvalue weighted by molar-refractivity contribution is 0.277. The second-order valence-electron chi connectivity index (χ2n) is 7.67. The molecule has 2 N–H and O–H groups in total. The molecule has 0 radical (unpaired) electrons. The Bertz CT molecular complexity index is 733. The van der Waals surface area contributed by atoms with E-state index >= 15 is 0 Å². The monoisotopic (exact) mass is 384 g/mol. The van der Waals surface area contributed by atoms with Crippen LogP contribution in [0.3, 0.4) is 0 Å². The molecule has 1 aliphatic heterocycles. The molecule has 0 saturated carbocycles. The first kappa shape index (κ1) is 20.4. The van der Waals surface area contributed by atoms with Gasteiger partial charge in [0.2, 0.25) is 5.95 Å². The molecule has 1 saturated heterocycles. The largest absolute Gasteiger partial charge is 0.494 e. The maximum atomic E-state index is 5.94. The van der Waals surface area contributed by atoms with Crippen LogP contribution in [0.15, 0.2) is 24.5 Å². The zero-order valence-electron chi connectivity index (χ0n) is 17.3. The number of nitrogens with zero attached hydrogens (tertiary/aromatic N) is 3. The van der Waals surface area contributed by atoms with Crippen LogP contribution >= 0.6 is 0 Å². The third-order valence-electron chi connectivity index (χ3n) is 5.57. The van der Waals surface area contributed by atoms with Gasteiger partial charge in [-0.2, -0.15) is 5.90 Å². The summed E-state index contributed by atoms with van der Waals surface area (Å²) in [5, 5.41) is 0. The van der Waals surface area contributed by atoms with Gasteiger partial charge in [0.1, 0.15) is 5.75 Å². The normalized spacial score (nSPS) is 14.9. The number of aryl methyl sites for hydroxylation is 3. The highest BCUT2D eigenvalue weighted by Gasteiger charge is 2.20. The number of piperidine rings is 1. The Morgan fingerprint density at radius 3 is 2.32 bits per heavy atom. The molecule has 1 fully saturated rings. The summed E-state index contributed by atoms with van der Waals surface area (Å²) in [7, 11) is 0. The van der Waals surface area contributed by atoms with Crippen molar-refractivity contribution in [3.63, 3.8) is 0 Å². The summed E-state index contributed by atoms with van der Waals surface area (Å²) < 4.78 is 5.94. The molecule has 2 aromatic rings. The van der Waals surface area contributed by atoms with Crippen molar-refractivity contribution in [1.29, 1.82) is 0 Å². The quantitative estimate of drug-likeness (QED) is 0.548. The molecule has 6 nitrogen and oxygen atoms in total. The highest BCUT2D eigenvalue weighted by atomic mass is 16.6. The zero-order valence-corrected chi connectivity index (χ0v) is 17.3. The lowest BCUT2D eigenvalue weighted by atomic mass is 9.92. The van der Waals surface area contributed by atoms with E-state index in [1.807, 2.05) is 38.4 Å². The van der Waals surface area contributed by atoms with Crippen molar-refractivity contribution in [3.8, 4) is 11.5 Å². The average molecular weight is 385 g/mol. The van der Waals surface area contributed by atoms with Crippen molar-refractivity contribution >= 4 is 5.95 Å². The predicted molar refractivity (Wildman–Crippen MR) is 112 cm³/mol. The lowest BCUT2D eigenvalue weighted by Crippen LogP contribution is -2.35. The fraction of sp³-hybridized carbons (Fsp3) is 0.545. The Morgan fingerprint density at radius 2 is 1.75 bits per heavy atom. The molecular weight excluding hydrogens is 352 g/mol. The van der Waals surface area contributed by atoms with E-state index < -0.39 is 0 Å². The maximum absolute atomic E-state index is 5.94. The smallest absolute Gasteiger partial charge is 0.225 e. The number of hydrogen-bond donors (Lipinski definition) is 1. The first-order valence-electron chi connectivity index (χ1n) is 10.3. The van der Waals surface area contributed by atoms with Crippen molar-refractivity contribution in [2.75, 3.05) is 24.6 Å². The topological polar surface area (TPSA) is 73.5 Å². The van der Waals surface area contributed by atoms with Gasteiger partial charge in [-0.3, -0.25) is 0 Å². The molecule has 1 aromatic heterocycles. The van der Waals surface area contributed by atoms with Crippen LogP contribution in [0.2, 0.25) is 0 Å². The van der Waals surface area contributed by atoms with Crippen molar-refractivity contribution in [1.82, 2.24) is 9.97 Å². The Labute approximate surface area is 168 Å². The van der Waals surface area contributed by atoms with Gasteiger partial charge in [-0.05, 0) is 80.7 Å². The molecule has 6 heteroatoms. The predicted octanol–water partition coefficient (Wildman–Crippen LogP) is 3.98. The molecule has 1 aromatic carbocycles. The van der Waals surface area contributed by atoms with Crippen LogP contribution in [-0.4, -0.2) is 29.7 Å². The van der Waals surface area contributed by atoms with Crippen LogP contribution in [-0.2, 0) is 6.42 Å². The standard InChI is InChI=1S/C22H32N4O2/c1-4-18-14-24-22(25-15-18)26-9-7-19(8-10-26)6-5-11-27-20-12-16(2)21(28-23)17(3)13-20/h12-15,19H,4-11,23H2,1-3H3. The summed E-state index contributed by atoms with van der Waals surface area (Å²) in [6, 6.07) is 3.97. The molecule has 0 spiro atoms. The fourth-order valence-corrected chi connectivity index (χ4v) is 3.86. The second-order valence-corrected chi connectivity index (χ2v) is 7.67. The summed E-state index contributed by atoms with van der Waals surface area (Å²) in [6.45, 7) is 8.90. The summed E-state index contributed by atoms with van der Waals surface area (Å²) in [4.78, 5) is 16.2. The summed E-state index contributed by atoms with van der Waals surface area (Å²) in [5.41, 5.74) is 3.19. The van der Waals surface area contributed by atoms with Gasteiger partial charge in [-0.15, -0.1) is 0 Å². The van der Waals surface area contributed by atoms with Crippen LogP contribution in [0, 0.1) is 19.8 Å². The number of aromatic nitrogens is 2. The molecule has 0 aliphatic carbocycles. The average Bonchev–Trinajstić information content (AvgIpc) is 2.72. The van der Waals surface area contributed by atoms with Gasteiger partial charge in [0, 0.05) is 25.5 Å². The molecular formula is C22H32N4O2. The number of rotatable bonds is 8. The van der Waals surface area contributed by atoms with Crippen molar-refractivity contribution in [2.45, 2.75) is 52.9 Å². The molecule has 152 valence electrons. The summed E-state index contributed by atoms with van der Waals surface area (Å²) >= 11 is 0. The zero-order chi connectivity index (χ0) is 19.9. The SMILES string of the molecule is CCc1cnc(N2CCC(CCCOc3cc(C)c(ON)c(C)c3)CC2)nc1. The molecule has 0 atom stereocenters. The van der Waals surface area contributed by atoms with E-state index in [1.165, 1.54) is 24.8 Å². The molecule has 2 heterocycles. The maximum Gasteiger partial charge on any atom is 0.225 e. The molecule has 28 heavy (non-hydrogen) atoms. The van der Waals surface area contributed by atoms with Gasteiger partial charge in [0.25, 0.3) is 0 Å². The van der Waals surface area contributed by atoms with E-state index in [1.54, 1.807) is 0 Å². The summed E-state index contributed by atoms with van der Waals surface area (Å²) in [6.07, 6.45) is 9.53. The fourth-order valence-electron chi connectivity index (χ4n) is 3.86. The molecule has 1 aliphatic rings. The minimum absolute atomic E-state index is 0.729. The number of hydrogen-bond acceptors (Lipinski definition) is 6. The highest BCUT2D eigenvalue weighted by Crippen LogP contribution is 2.28. The van der Waals surface area contributed by atoms with Crippen molar-refractivity contribution in [3.05, 3.63) is 41.2 Å². The van der Waals surface area contributed by atoms with Gasteiger partial charge in [-0.1, -0.05) is 6.92 Å². The first-order chi connectivity index (χ1) is 13.6. The minimum Gasteiger partial charge on any atom is -0.494 e. The third kappa shape index (κ3) is 5.13. The molecule has 0 amide bonds. The van der Waals surface area contributed by atoms with Crippen LogP contribution in [0.4, 0.5) is 5.95 Å². The Morgan fingerprint density at radius 1 is 1.11 bits per heavy atom. The Balaban J connectivity index is 1.39. The van der Waals surface area contributed by atoms with Crippen LogP contribution in [0.5, 0.6) is 11.5 Å². The van der Waals surface area contributed by atoms with Crippen molar-refractivity contribution < 1.29 is 9.57 Å². The van der Waals surface area contributed by atoms with E-state index in [2.05, 4.69) is 21.8 Å². The van der Waals surface area contributed by atoms with Crippen LogP contribution in [0.1, 0.15) is 49.3 Å². The van der Waals surface area contributed by atoms with Gasteiger partial charge in [0.05, 0.1) is 6.61 Å². The molecule has 0 bridgehead atoms. The highest BCUT2D eigenvalue weighted by molar-refractivity contribution is 5.45. The first-order valence-corrected chi connectivity index (χ1v) is 10.3. The number of ether oxygens (including phenoxy) is 1. The lowest BCUT2D eigenvalue weighted by Gasteiger charge is -2.32. The number of nitrogens with two attached hydrogens (primary N) is 1. The van der Waals surface area contributed by atoms with Crippen LogP contribution in [0.25, 0.3) is 0 Å². The number of anilines is 1. The Kier molecular flexibility index (Phi) is 7.09. The van der Waals surface area contributed by atoms with Gasteiger partial charge in [0.15, 0.2) is 5.75 Å². The molecule has 3 rings (SSSR count). The number of benzene rings is 1. The van der Waals surface area contributed by atoms with Crippen LogP contribution < -0.4 is 20.4 Å². The van der Waals surface area contributed by atoms with Gasteiger partial charge < -0.3 is 14.5 Å². The molecule has 0 unspecified atom stereocenters. The van der Waals surface area contributed by atoms with Gasteiger partial charge >= 0.3 is 0 Å². The van der Waals surface area contributed by atoms with E-state index in [4.69, 9.17) is 15.5 Å². The Hall–Kier alpha value is -2.34. The van der Waals surface area contributed by atoms with E-state index in [0.29, 0.717) is 0 Å². The second kappa shape index (κ2) is 9.73. The minimum atomic E-state index is 0.729. The summed E-state index contributed by atoms with van der Waals surface area (Å²) in [5.74, 6) is 8.56. The third-order valence-corrected chi connectivity index (χ3v) is 5.57. The van der Waals surface area contributed by atoms with E-state index in [-0.39, 0.29) is 0 Å².